The summed E-state index contributed by atoms with van der Waals surface area (Å²) in [6.45, 7) is -0.429. The van der Waals surface area contributed by atoms with Gasteiger partial charge in [0.15, 0.2) is 0 Å². The van der Waals surface area contributed by atoms with Gasteiger partial charge in [0.25, 0.3) is 0 Å². The Hall–Kier alpha value is -0.870. The quantitative estimate of drug-likeness (QED) is 0.818. The average molecular weight is 298 g/mol. The summed E-state index contributed by atoms with van der Waals surface area (Å²) >= 11 is 3.47. The van der Waals surface area contributed by atoms with Gasteiger partial charge in [-0.2, -0.15) is 0 Å². The van der Waals surface area contributed by atoms with Gasteiger partial charge in [-0.3, -0.25) is 4.79 Å². The third-order valence-electron chi connectivity index (χ3n) is 3.14. The van der Waals surface area contributed by atoms with Crippen molar-refractivity contribution >= 4 is 21.8 Å². The Morgan fingerprint density at radius 3 is 3.06 bits per heavy atom. The number of fused-ring (bicyclic) bond motifs is 1. The number of aliphatic hydroxyl groups is 1. The number of carbonyl (C=O) groups is 1. The van der Waals surface area contributed by atoms with E-state index in [0.717, 1.165) is 30.2 Å². The molecule has 0 radical (unpaired) electrons. The number of hydrogen-bond donors (Lipinski definition) is 2. The van der Waals surface area contributed by atoms with Crippen molar-refractivity contribution in [2.24, 2.45) is 0 Å². The van der Waals surface area contributed by atoms with Crippen molar-refractivity contribution in [3.8, 4) is 0 Å². The predicted octanol–water partition coefficient (Wildman–Crippen LogP) is 1.80. The standard InChI is InChI=1S/C13H16BrNO2/c14-11-5-4-9-2-1-3-12(7-10(9)6-11)15-13(17)8-16/h4-6,12,16H,1-3,7-8H2,(H,15,17). The molecule has 4 heteroatoms. The molecular weight excluding hydrogens is 282 g/mol. The van der Waals surface area contributed by atoms with Crippen LogP contribution in [0.5, 0.6) is 0 Å². The highest BCUT2D eigenvalue weighted by Crippen LogP contribution is 2.24. The largest absolute Gasteiger partial charge is 0.387 e. The lowest BCUT2D eigenvalue weighted by Crippen LogP contribution is -2.37. The van der Waals surface area contributed by atoms with Gasteiger partial charge in [0.2, 0.25) is 5.91 Å². The number of nitrogens with one attached hydrogen (secondary N) is 1. The van der Waals surface area contributed by atoms with Crippen LogP contribution in [-0.2, 0) is 17.6 Å². The molecule has 1 aromatic carbocycles. The zero-order valence-electron chi connectivity index (χ0n) is 9.58. The van der Waals surface area contributed by atoms with Gasteiger partial charge in [0.05, 0.1) is 0 Å². The first kappa shape index (κ1) is 12.6. The molecule has 0 fully saturated rings. The fraction of sp³-hybridized carbons (Fsp3) is 0.462. The zero-order valence-corrected chi connectivity index (χ0v) is 11.2. The molecule has 0 saturated carbocycles. The van der Waals surface area contributed by atoms with Gasteiger partial charge in [-0.05, 0) is 48.9 Å². The second-order valence-electron chi connectivity index (χ2n) is 4.43. The van der Waals surface area contributed by atoms with Crippen LogP contribution >= 0.6 is 15.9 Å². The maximum absolute atomic E-state index is 11.2. The van der Waals surface area contributed by atoms with Crippen molar-refractivity contribution < 1.29 is 9.90 Å². The van der Waals surface area contributed by atoms with E-state index in [0.29, 0.717) is 0 Å². The monoisotopic (exact) mass is 297 g/mol. The summed E-state index contributed by atoms with van der Waals surface area (Å²) in [6.07, 6.45) is 3.96. The van der Waals surface area contributed by atoms with Crippen molar-refractivity contribution in [1.82, 2.24) is 5.32 Å². The second-order valence-corrected chi connectivity index (χ2v) is 5.35. The first-order chi connectivity index (χ1) is 8.19. The molecule has 1 aromatic rings. The van der Waals surface area contributed by atoms with Gasteiger partial charge >= 0.3 is 0 Å². The third-order valence-corrected chi connectivity index (χ3v) is 3.64. The maximum Gasteiger partial charge on any atom is 0.245 e. The topological polar surface area (TPSA) is 49.3 Å². The molecule has 2 N–H and O–H groups in total. The lowest BCUT2D eigenvalue weighted by molar-refractivity contribution is -0.124. The normalized spacial score (nSPS) is 19.3. The van der Waals surface area contributed by atoms with E-state index in [1.807, 2.05) is 0 Å². The number of aliphatic hydroxyl groups excluding tert-OH is 1. The van der Waals surface area contributed by atoms with E-state index in [4.69, 9.17) is 5.11 Å². The predicted molar refractivity (Wildman–Crippen MR) is 69.8 cm³/mol. The molecular formula is C13H16BrNO2. The molecule has 3 nitrogen and oxygen atoms in total. The molecule has 2 rings (SSSR count). The maximum atomic E-state index is 11.2. The molecule has 0 heterocycles. The minimum Gasteiger partial charge on any atom is -0.387 e. The summed E-state index contributed by atoms with van der Waals surface area (Å²) in [5.41, 5.74) is 2.66. The first-order valence-electron chi connectivity index (χ1n) is 5.86. The van der Waals surface area contributed by atoms with Gasteiger partial charge in [-0.15, -0.1) is 0 Å². The minimum absolute atomic E-state index is 0.144. The van der Waals surface area contributed by atoms with Crippen molar-refractivity contribution in [1.29, 1.82) is 0 Å². The molecule has 0 saturated heterocycles. The number of aryl methyl sites for hydroxylation is 1. The van der Waals surface area contributed by atoms with Crippen LogP contribution in [0.1, 0.15) is 24.0 Å². The Morgan fingerprint density at radius 1 is 1.47 bits per heavy atom. The molecule has 1 atom stereocenters. The van der Waals surface area contributed by atoms with E-state index < -0.39 is 6.61 Å². The van der Waals surface area contributed by atoms with E-state index in [1.54, 1.807) is 0 Å². The van der Waals surface area contributed by atoms with Crippen LogP contribution in [0.15, 0.2) is 22.7 Å². The molecule has 1 aliphatic rings. The summed E-state index contributed by atoms with van der Waals surface area (Å²) < 4.78 is 1.07. The fourth-order valence-electron chi connectivity index (χ4n) is 2.33. The molecule has 1 unspecified atom stereocenters. The summed E-state index contributed by atoms with van der Waals surface area (Å²) in [6, 6.07) is 6.48. The Morgan fingerprint density at radius 2 is 2.29 bits per heavy atom. The van der Waals surface area contributed by atoms with Crippen molar-refractivity contribution in [3.05, 3.63) is 33.8 Å². The molecule has 92 valence electrons. The van der Waals surface area contributed by atoms with Crippen LogP contribution in [-0.4, -0.2) is 23.7 Å². The van der Waals surface area contributed by atoms with Crippen molar-refractivity contribution in [3.63, 3.8) is 0 Å². The van der Waals surface area contributed by atoms with Crippen LogP contribution in [0.4, 0.5) is 0 Å². The van der Waals surface area contributed by atoms with E-state index in [2.05, 4.69) is 39.4 Å². The molecule has 0 aromatic heterocycles. The SMILES string of the molecule is O=C(CO)NC1CCCc2ccc(Br)cc2C1. The highest BCUT2D eigenvalue weighted by atomic mass is 79.9. The third kappa shape index (κ3) is 3.30. The minimum atomic E-state index is -0.429. The number of benzene rings is 1. The Balaban J connectivity index is 2.13. The molecule has 1 amide bonds. The van der Waals surface area contributed by atoms with E-state index in [1.165, 1.54) is 11.1 Å². The van der Waals surface area contributed by atoms with Crippen LogP contribution in [0, 0.1) is 0 Å². The number of halogens is 1. The van der Waals surface area contributed by atoms with Gasteiger partial charge in [-0.1, -0.05) is 22.0 Å². The van der Waals surface area contributed by atoms with E-state index >= 15 is 0 Å². The molecule has 1 aliphatic carbocycles. The average Bonchev–Trinajstić information content (AvgIpc) is 2.50. The van der Waals surface area contributed by atoms with E-state index in [9.17, 15) is 4.79 Å². The fourth-order valence-corrected chi connectivity index (χ4v) is 2.74. The summed E-state index contributed by atoms with van der Waals surface area (Å²) in [5.74, 6) is -0.284. The summed E-state index contributed by atoms with van der Waals surface area (Å²) in [5, 5.41) is 11.6. The smallest absolute Gasteiger partial charge is 0.245 e. The lowest BCUT2D eigenvalue weighted by Gasteiger charge is -2.16. The van der Waals surface area contributed by atoms with Crippen LogP contribution in [0.2, 0.25) is 0 Å². The number of hydrogen-bond acceptors (Lipinski definition) is 2. The van der Waals surface area contributed by atoms with Gasteiger partial charge in [0.1, 0.15) is 6.61 Å². The molecule has 17 heavy (non-hydrogen) atoms. The summed E-state index contributed by atoms with van der Waals surface area (Å²) in [7, 11) is 0. The zero-order chi connectivity index (χ0) is 12.3. The molecule has 0 bridgehead atoms. The van der Waals surface area contributed by atoms with Gasteiger partial charge in [0, 0.05) is 10.5 Å². The molecule has 0 aliphatic heterocycles. The van der Waals surface area contributed by atoms with Crippen LogP contribution in [0.25, 0.3) is 0 Å². The number of amides is 1. The molecule has 0 spiro atoms. The van der Waals surface area contributed by atoms with Crippen LogP contribution < -0.4 is 5.32 Å². The highest BCUT2D eigenvalue weighted by Gasteiger charge is 2.18. The number of rotatable bonds is 2. The Bertz CT molecular complexity index is 420. The summed E-state index contributed by atoms with van der Waals surface area (Å²) in [4.78, 5) is 11.2. The van der Waals surface area contributed by atoms with Crippen molar-refractivity contribution in [2.45, 2.75) is 31.7 Å². The second kappa shape index (κ2) is 5.65. The van der Waals surface area contributed by atoms with Gasteiger partial charge in [-0.25, -0.2) is 0 Å². The Labute approximate surface area is 109 Å². The number of carbonyl (C=O) groups excluding carboxylic acids is 1. The van der Waals surface area contributed by atoms with Crippen molar-refractivity contribution in [2.75, 3.05) is 6.61 Å². The van der Waals surface area contributed by atoms with Crippen LogP contribution in [0.3, 0.4) is 0 Å². The lowest BCUT2D eigenvalue weighted by atomic mass is 10.0. The Kier molecular flexibility index (Phi) is 4.18. The first-order valence-corrected chi connectivity index (χ1v) is 6.66. The highest BCUT2D eigenvalue weighted by molar-refractivity contribution is 9.10. The van der Waals surface area contributed by atoms with E-state index in [-0.39, 0.29) is 11.9 Å². The van der Waals surface area contributed by atoms with Gasteiger partial charge < -0.3 is 10.4 Å².